The van der Waals surface area contributed by atoms with Crippen LogP contribution in [0.25, 0.3) is 5.76 Å². The molecule has 8 nitrogen and oxygen atoms in total. The van der Waals surface area contributed by atoms with E-state index >= 15 is 0 Å². The summed E-state index contributed by atoms with van der Waals surface area (Å²) in [5, 5.41) is 21.2. The van der Waals surface area contributed by atoms with Gasteiger partial charge in [-0.05, 0) is 67.3 Å². The number of aromatic nitrogens is 2. The van der Waals surface area contributed by atoms with Gasteiger partial charge in [0.05, 0.1) is 25.3 Å². The van der Waals surface area contributed by atoms with Crippen LogP contribution in [0.1, 0.15) is 53.6 Å². The number of halogens is 1. The third kappa shape index (κ3) is 6.62. The van der Waals surface area contributed by atoms with E-state index in [0.29, 0.717) is 44.3 Å². The van der Waals surface area contributed by atoms with E-state index in [1.165, 1.54) is 35.1 Å². The number of unbranched alkanes of at least 4 members (excludes halogenated alkanes) is 1. The van der Waals surface area contributed by atoms with E-state index in [1.54, 1.807) is 24.3 Å². The molecule has 11 heteroatoms. The van der Waals surface area contributed by atoms with Gasteiger partial charge in [0.1, 0.15) is 5.76 Å². The molecule has 1 amide bonds. The van der Waals surface area contributed by atoms with Gasteiger partial charge in [-0.15, -0.1) is 10.2 Å². The Morgan fingerprint density at radius 2 is 1.82 bits per heavy atom. The monoisotopic (exact) mass is 649 g/mol. The second-order valence-corrected chi connectivity index (χ2v) is 13.0. The Balaban J connectivity index is 1.58. The molecule has 44 heavy (non-hydrogen) atoms. The van der Waals surface area contributed by atoms with E-state index in [0.717, 1.165) is 29.5 Å². The van der Waals surface area contributed by atoms with Crippen LogP contribution in [0, 0.1) is 13.8 Å². The maximum Gasteiger partial charge on any atom is 0.301 e. The molecule has 1 atom stereocenters. The van der Waals surface area contributed by atoms with Gasteiger partial charge in [0.2, 0.25) is 5.13 Å². The Morgan fingerprint density at radius 1 is 1.05 bits per heavy atom. The zero-order valence-corrected chi connectivity index (χ0v) is 27.2. The molecule has 1 aliphatic rings. The summed E-state index contributed by atoms with van der Waals surface area (Å²) in [6.45, 7) is 6.36. The fraction of sp³-hybridized carbons (Fsp3) is 0.273. The number of thioether (sulfide) groups is 1. The number of aliphatic hydroxyl groups is 1. The average Bonchev–Trinajstić information content (AvgIpc) is 3.59. The second kappa shape index (κ2) is 13.8. The minimum atomic E-state index is -0.976. The van der Waals surface area contributed by atoms with Gasteiger partial charge in [0, 0.05) is 16.3 Å². The molecule has 1 saturated heterocycles. The summed E-state index contributed by atoms with van der Waals surface area (Å²) in [5.41, 5.74) is 3.74. The highest BCUT2D eigenvalue weighted by molar-refractivity contribution is 8.00. The minimum Gasteiger partial charge on any atom is -0.507 e. The number of nitrogens with zero attached hydrogens (tertiary/aromatic N) is 3. The number of aliphatic hydroxyl groups excluding tert-OH is 1. The van der Waals surface area contributed by atoms with Crippen LogP contribution in [0.15, 0.2) is 70.6 Å². The van der Waals surface area contributed by atoms with E-state index in [4.69, 9.17) is 21.1 Å². The van der Waals surface area contributed by atoms with Crippen LogP contribution in [0.4, 0.5) is 5.13 Å². The standard InChI is InChI=1S/C33H32ClN3O5S2/c1-5-6-15-42-25-14-11-22(17-26(25)41-4)28-27(29(38)24-16-19(2)7-8-20(24)3)30(39)31(40)37(28)32-35-36-33(44-32)43-18-21-9-12-23(34)13-10-21/h7-14,16-17,28,38H,5-6,15,18H2,1-4H3/b29-27+. The largest absolute Gasteiger partial charge is 0.507 e. The Morgan fingerprint density at radius 3 is 2.55 bits per heavy atom. The zero-order valence-electron chi connectivity index (χ0n) is 24.8. The smallest absolute Gasteiger partial charge is 0.301 e. The van der Waals surface area contributed by atoms with Crippen molar-refractivity contribution in [1.82, 2.24) is 10.2 Å². The summed E-state index contributed by atoms with van der Waals surface area (Å²) < 4.78 is 12.2. The van der Waals surface area contributed by atoms with Crippen molar-refractivity contribution in [2.24, 2.45) is 0 Å². The third-order valence-corrected chi connectivity index (χ3v) is 9.61. The number of benzene rings is 3. The van der Waals surface area contributed by atoms with Crippen LogP contribution in [-0.2, 0) is 15.3 Å². The minimum absolute atomic E-state index is 0.0315. The lowest BCUT2D eigenvalue weighted by atomic mass is 9.93. The number of rotatable bonds is 11. The van der Waals surface area contributed by atoms with Crippen LogP contribution in [0.2, 0.25) is 5.02 Å². The number of ketones is 1. The highest BCUT2D eigenvalue weighted by Crippen LogP contribution is 2.46. The van der Waals surface area contributed by atoms with Crippen molar-refractivity contribution < 1.29 is 24.2 Å². The molecule has 1 N–H and O–H groups in total. The Hall–Kier alpha value is -3.86. The van der Waals surface area contributed by atoms with Crippen LogP contribution < -0.4 is 14.4 Å². The van der Waals surface area contributed by atoms with E-state index in [1.807, 2.05) is 50.2 Å². The topological polar surface area (TPSA) is 102 Å². The molecule has 0 bridgehead atoms. The van der Waals surface area contributed by atoms with Crippen LogP contribution in [0.5, 0.6) is 11.5 Å². The molecule has 1 fully saturated rings. The number of methoxy groups -OCH3 is 1. The summed E-state index contributed by atoms with van der Waals surface area (Å²) in [6.07, 6.45) is 1.87. The lowest BCUT2D eigenvalue weighted by Crippen LogP contribution is -2.29. The van der Waals surface area contributed by atoms with E-state index in [2.05, 4.69) is 17.1 Å². The summed E-state index contributed by atoms with van der Waals surface area (Å²) in [7, 11) is 1.54. The summed E-state index contributed by atoms with van der Waals surface area (Å²) in [6, 6.07) is 17.4. The molecular formula is C33H32ClN3O5S2. The van der Waals surface area contributed by atoms with Crippen LogP contribution in [-0.4, -0.2) is 40.7 Å². The Kier molecular flexibility index (Phi) is 9.93. The molecule has 228 valence electrons. The molecular weight excluding hydrogens is 618 g/mol. The number of Topliss-reactive ketones (excluding diaryl/α,β-unsaturated/α-hetero) is 1. The van der Waals surface area contributed by atoms with Gasteiger partial charge >= 0.3 is 5.91 Å². The number of anilines is 1. The van der Waals surface area contributed by atoms with Crippen molar-refractivity contribution in [2.75, 3.05) is 18.6 Å². The summed E-state index contributed by atoms with van der Waals surface area (Å²) in [5.74, 6) is -0.227. The van der Waals surface area contributed by atoms with Gasteiger partial charge in [0.25, 0.3) is 5.78 Å². The Bertz CT molecular complexity index is 1720. The van der Waals surface area contributed by atoms with Crippen LogP contribution in [0.3, 0.4) is 0 Å². The van der Waals surface area contributed by atoms with E-state index in [-0.39, 0.29) is 16.5 Å². The van der Waals surface area contributed by atoms with E-state index in [9.17, 15) is 14.7 Å². The fourth-order valence-electron chi connectivity index (χ4n) is 4.87. The normalized spacial score (nSPS) is 16.0. The predicted molar refractivity (Wildman–Crippen MR) is 175 cm³/mol. The van der Waals surface area contributed by atoms with Gasteiger partial charge in [-0.3, -0.25) is 14.5 Å². The van der Waals surface area contributed by atoms with Gasteiger partial charge in [-0.2, -0.15) is 0 Å². The van der Waals surface area contributed by atoms with Gasteiger partial charge in [0.15, 0.2) is 15.8 Å². The first kappa shape index (κ1) is 31.6. The van der Waals surface area contributed by atoms with Gasteiger partial charge < -0.3 is 14.6 Å². The Labute approximate surface area is 269 Å². The molecule has 0 aliphatic carbocycles. The SMILES string of the molecule is CCCCOc1ccc(C2/C(=C(\O)c3cc(C)ccc3C)C(=O)C(=O)N2c2nnc(SCc3ccc(Cl)cc3)s2)cc1OC. The highest BCUT2D eigenvalue weighted by Gasteiger charge is 2.48. The van der Waals surface area contributed by atoms with Crippen molar-refractivity contribution in [3.05, 3.63) is 99.1 Å². The molecule has 5 rings (SSSR count). The summed E-state index contributed by atoms with van der Waals surface area (Å²) >= 11 is 8.68. The molecule has 1 aromatic heterocycles. The average molecular weight is 650 g/mol. The quantitative estimate of drug-likeness (QED) is 0.0437. The third-order valence-electron chi connectivity index (χ3n) is 7.23. The molecule has 1 unspecified atom stereocenters. The van der Waals surface area contributed by atoms with Gasteiger partial charge in [-0.1, -0.05) is 83.9 Å². The lowest BCUT2D eigenvalue weighted by Gasteiger charge is -2.23. The predicted octanol–water partition coefficient (Wildman–Crippen LogP) is 7.91. The molecule has 4 aromatic rings. The molecule has 0 radical (unpaired) electrons. The van der Waals surface area contributed by atoms with Crippen molar-refractivity contribution in [3.8, 4) is 11.5 Å². The first-order chi connectivity index (χ1) is 21.2. The van der Waals surface area contributed by atoms with Crippen LogP contribution >= 0.6 is 34.7 Å². The molecule has 1 aliphatic heterocycles. The maximum atomic E-state index is 13.7. The molecule has 0 saturated carbocycles. The van der Waals surface area contributed by atoms with Crippen molar-refractivity contribution in [1.29, 1.82) is 0 Å². The molecule has 0 spiro atoms. The van der Waals surface area contributed by atoms with Crippen molar-refractivity contribution in [3.63, 3.8) is 0 Å². The molecule has 2 heterocycles. The molecule has 3 aromatic carbocycles. The van der Waals surface area contributed by atoms with Gasteiger partial charge in [-0.25, -0.2) is 0 Å². The first-order valence-electron chi connectivity index (χ1n) is 14.1. The first-order valence-corrected chi connectivity index (χ1v) is 16.3. The summed E-state index contributed by atoms with van der Waals surface area (Å²) in [4.78, 5) is 28.7. The van der Waals surface area contributed by atoms with Crippen molar-refractivity contribution >= 4 is 57.3 Å². The number of hydrogen-bond acceptors (Lipinski definition) is 9. The number of ether oxygens (including phenoxy) is 2. The number of aryl methyl sites for hydroxylation is 2. The maximum absolute atomic E-state index is 13.7. The number of hydrogen-bond donors (Lipinski definition) is 1. The zero-order chi connectivity index (χ0) is 31.4. The lowest BCUT2D eigenvalue weighted by molar-refractivity contribution is -0.132. The number of carbonyl (C=O) groups excluding carboxylic acids is 2. The van der Waals surface area contributed by atoms with Crippen molar-refractivity contribution in [2.45, 2.75) is 49.7 Å². The van der Waals surface area contributed by atoms with E-state index < -0.39 is 17.7 Å². The highest BCUT2D eigenvalue weighted by atomic mass is 35.5. The number of carbonyl (C=O) groups is 2. The fourth-order valence-corrected chi connectivity index (χ4v) is 6.81. The second-order valence-electron chi connectivity index (χ2n) is 10.4. The number of amides is 1.